The molecule has 0 amide bonds. The van der Waals surface area contributed by atoms with Crippen LogP contribution in [0.4, 0.5) is 4.39 Å². The lowest BCUT2D eigenvalue weighted by molar-refractivity contribution is -0.155. The van der Waals surface area contributed by atoms with Crippen molar-refractivity contribution >= 4 is 17.6 Å². The fourth-order valence-electron chi connectivity index (χ4n) is 2.50. The van der Waals surface area contributed by atoms with Gasteiger partial charge < -0.3 is 9.47 Å². The Kier molecular flexibility index (Phi) is 6.04. The molecule has 0 fully saturated rings. The highest BCUT2D eigenvalue weighted by Crippen LogP contribution is 2.26. The van der Waals surface area contributed by atoms with E-state index in [1.807, 2.05) is 0 Å². The molecular weight excluding hydrogens is 369 g/mol. The summed E-state index contributed by atoms with van der Waals surface area (Å²) in [6, 6.07) is 17.8. The number of halogens is 2. The highest BCUT2D eigenvalue weighted by molar-refractivity contribution is 6.30. The number of aromatic nitrogens is 1. The van der Waals surface area contributed by atoms with Crippen molar-refractivity contribution in [2.45, 2.75) is 19.1 Å². The second kappa shape index (κ2) is 8.64. The molecule has 0 bridgehead atoms. The lowest BCUT2D eigenvalue weighted by Gasteiger charge is -2.21. The molecule has 2 atom stereocenters. The third-order valence-electron chi connectivity index (χ3n) is 3.78. The molecule has 138 valence electrons. The summed E-state index contributed by atoms with van der Waals surface area (Å²) in [5.41, 5.74) is 0.975. The second-order valence-corrected chi connectivity index (χ2v) is 6.28. The monoisotopic (exact) mass is 385 g/mol. The summed E-state index contributed by atoms with van der Waals surface area (Å²) in [6.45, 7) is 1.57. The van der Waals surface area contributed by atoms with Crippen LogP contribution in [-0.2, 0) is 9.53 Å². The number of nitrogens with zero attached hydrogens (tertiary/aromatic N) is 1. The number of ether oxygens (including phenoxy) is 2. The van der Waals surface area contributed by atoms with Gasteiger partial charge in [-0.15, -0.1) is 0 Å². The van der Waals surface area contributed by atoms with Gasteiger partial charge >= 0.3 is 5.97 Å². The van der Waals surface area contributed by atoms with Gasteiger partial charge in [-0.05, 0) is 49.4 Å². The Morgan fingerprint density at radius 1 is 1.07 bits per heavy atom. The number of hydrogen-bond donors (Lipinski definition) is 0. The Hall–Kier alpha value is -2.92. The molecule has 0 aliphatic heterocycles. The normalized spacial score (nSPS) is 12.9. The highest BCUT2D eigenvalue weighted by atomic mass is 35.5. The lowest BCUT2D eigenvalue weighted by atomic mass is 10.1. The van der Waals surface area contributed by atoms with Crippen molar-refractivity contribution in [3.63, 3.8) is 0 Å². The zero-order valence-electron chi connectivity index (χ0n) is 14.5. The summed E-state index contributed by atoms with van der Waals surface area (Å²) < 4.78 is 24.9. The second-order valence-electron chi connectivity index (χ2n) is 5.84. The van der Waals surface area contributed by atoms with E-state index in [0.29, 0.717) is 22.0 Å². The van der Waals surface area contributed by atoms with Crippen LogP contribution in [-0.4, -0.2) is 17.1 Å². The molecule has 27 heavy (non-hydrogen) atoms. The molecule has 1 heterocycles. The Morgan fingerprint density at radius 3 is 2.59 bits per heavy atom. The molecule has 2 aromatic carbocycles. The van der Waals surface area contributed by atoms with Crippen molar-refractivity contribution in [1.82, 2.24) is 4.98 Å². The van der Waals surface area contributed by atoms with E-state index in [0.717, 1.165) is 0 Å². The van der Waals surface area contributed by atoms with E-state index in [1.165, 1.54) is 12.1 Å². The van der Waals surface area contributed by atoms with Gasteiger partial charge in [-0.3, -0.25) is 4.98 Å². The zero-order chi connectivity index (χ0) is 19.2. The third kappa shape index (κ3) is 5.05. The van der Waals surface area contributed by atoms with Gasteiger partial charge in [0, 0.05) is 16.8 Å². The Bertz CT molecular complexity index is 920. The predicted octanol–water partition coefficient (Wildman–Crippen LogP) is 4.97. The Balaban J connectivity index is 1.80. The quantitative estimate of drug-likeness (QED) is 0.562. The summed E-state index contributed by atoms with van der Waals surface area (Å²) in [7, 11) is 0. The van der Waals surface area contributed by atoms with Crippen LogP contribution in [0, 0.1) is 5.82 Å². The minimum Gasteiger partial charge on any atom is -0.479 e. The average Bonchev–Trinajstić information content (AvgIpc) is 2.66. The average molecular weight is 386 g/mol. The number of pyridine rings is 1. The van der Waals surface area contributed by atoms with Crippen LogP contribution in [0.5, 0.6) is 5.75 Å². The summed E-state index contributed by atoms with van der Waals surface area (Å²) in [5, 5.41) is 0.499. The van der Waals surface area contributed by atoms with Crippen molar-refractivity contribution in [2.24, 2.45) is 0 Å². The molecule has 0 saturated heterocycles. The first-order chi connectivity index (χ1) is 13.0. The van der Waals surface area contributed by atoms with E-state index in [9.17, 15) is 9.18 Å². The van der Waals surface area contributed by atoms with Crippen molar-refractivity contribution in [3.8, 4) is 5.75 Å². The van der Waals surface area contributed by atoms with Crippen molar-refractivity contribution in [3.05, 3.63) is 95.0 Å². The van der Waals surface area contributed by atoms with E-state index in [1.54, 1.807) is 67.7 Å². The highest BCUT2D eigenvalue weighted by Gasteiger charge is 2.25. The molecular formula is C21H17ClFNO3. The van der Waals surface area contributed by atoms with Crippen LogP contribution >= 0.6 is 11.6 Å². The van der Waals surface area contributed by atoms with Crippen LogP contribution in [0.3, 0.4) is 0 Å². The van der Waals surface area contributed by atoms with Gasteiger partial charge in [0.15, 0.2) is 12.2 Å². The van der Waals surface area contributed by atoms with Gasteiger partial charge in [-0.1, -0.05) is 35.9 Å². The van der Waals surface area contributed by atoms with Gasteiger partial charge in [-0.2, -0.15) is 0 Å². The first-order valence-corrected chi connectivity index (χ1v) is 8.70. The molecule has 0 aliphatic rings. The topological polar surface area (TPSA) is 48.4 Å². The summed E-state index contributed by atoms with van der Waals surface area (Å²) in [6.07, 6.45) is -0.149. The van der Waals surface area contributed by atoms with Crippen LogP contribution < -0.4 is 4.74 Å². The van der Waals surface area contributed by atoms with Gasteiger partial charge in [0.25, 0.3) is 0 Å². The standard InChI is InChI=1S/C21H17ClFNO3/c1-14(26-18-9-5-7-16(22)13-18)21(25)27-20(19-10-2-3-11-24-19)15-6-4-8-17(23)12-15/h2-14,20H,1H3. The zero-order valence-corrected chi connectivity index (χ0v) is 15.3. The molecule has 0 N–H and O–H groups in total. The van der Waals surface area contributed by atoms with Crippen molar-refractivity contribution in [1.29, 1.82) is 0 Å². The molecule has 4 nitrogen and oxygen atoms in total. The molecule has 3 aromatic rings. The van der Waals surface area contributed by atoms with Gasteiger partial charge in [-0.25, -0.2) is 9.18 Å². The van der Waals surface area contributed by atoms with E-state index < -0.39 is 24.0 Å². The number of carbonyl (C=O) groups is 1. The number of benzene rings is 2. The summed E-state index contributed by atoms with van der Waals surface area (Å²) >= 11 is 5.93. The molecule has 1 aromatic heterocycles. The maximum atomic E-state index is 13.7. The Labute approximate surface area is 161 Å². The lowest BCUT2D eigenvalue weighted by Crippen LogP contribution is -2.28. The minimum atomic E-state index is -0.886. The van der Waals surface area contributed by atoms with Gasteiger partial charge in [0.05, 0.1) is 5.69 Å². The molecule has 2 unspecified atom stereocenters. The fraction of sp³-hybridized carbons (Fsp3) is 0.143. The molecule has 0 aliphatic carbocycles. The first kappa shape index (κ1) is 18.9. The van der Waals surface area contributed by atoms with Gasteiger partial charge in [0.1, 0.15) is 11.6 Å². The molecule has 0 radical (unpaired) electrons. The van der Waals surface area contributed by atoms with E-state index in [2.05, 4.69) is 4.98 Å². The maximum Gasteiger partial charge on any atom is 0.348 e. The SMILES string of the molecule is CC(Oc1cccc(Cl)c1)C(=O)OC(c1cccc(F)c1)c1ccccn1. The number of carbonyl (C=O) groups excluding carboxylic acids is 1. The van der Waals surface area contributed by atoms with Crippen LogP contribution in [0.1, 0.15) is 24.3 Å². The number of hydrogen-bond acceptors (Lipinski definition) is 4. The van der Waals surface area contributed by atoms with Crippen molar-refractivity contribution < 1.29 is 18.7 Å². The minimum absolute atomic E-state index is 0.423. The van der Waals surface area contributed by atoms with E-state index in [-0.39, 0.29) is 0 Å². The molecule has 6 heteroatoms. The molecule has 3 rings (SSSR count). The number of esters is 1. The summed E-state index contributed by atoms with van der Waals surface area (Å²) in [4.78, 5) is 16.8. The van der Waals surface area contributed by atoms with E-state index in [4.69, 9.17) is 21.1 Å². The predicted molar refractivity (Wildman–Crippen MR) is 100 cm³/mol. The maximum absolute atomic E-state index is 13.7. The Morgan fingerprint density at radius 2 is 1.89 bits per heavy atom. The van der Waals surface area contributed by atoms with Gasteiger partial charge in [0.2, 0.25) is 0 Å². The van der Waals surface area contributed by atoms with Crippen molar-refractivity contribution in [2.75, 3.05) is 0 Å². The number of rotatable bonds is 6. The first-order valence-electron chi connectivity index (χ1n) is 8.32. The van der Waals surface area contributed by atoms with Crippen LogP contribution in [0.25, 0.3) is 0 Å². The van der Waals surface area contributed by atoms with Crippen LogP contribution in [0.2, 0.25) is 5.02 Å². The third-order valence-corrected chi connectivity index (χ3v) is 4.02. The molecule has 0 saturated carbocycles. The fourth-order valence-corrected chi connectivity index (χ4v) is 2.68. The van der Waals surface area contributed by atoms with E-state index >= 15 is 0 Å². The molecule has 0 spiro atoms. The summed E-state index contributed by atoms with van der Waals surface area (Å²) in [5.74, 6) is -0.574. The smallest absolute Gasteiger partial charge is 0.348 e. The largest absolute Gasteiger partial charge is 0.479 e. The van der Waals surface area contributed by atoms with Crippen LogP contribution in [0.15, 0.2) is 72.9 Å².